The zero-order valence-corrected chi connectivity index (χ0v) is 28.2. The largest absolute Gasteiger partial charge is 0.424 e. The number of carbonyl (C=O) groups excluding carboxylic acids is 1. The van der Waals surface area contributed by atoms with E-state index in [-0.39, 0.29) is 17.8 Å². The average Bonchev–Trinajstić information content (AvgIpc) is 3.60. The van der Waals surface area contributed by atoms with Gasteiger partial charge in [0.15, 0.2) is 0 Å². The molecule has 1 aliphatic rings. The number of thiophene rings is 1. The van der Waals surface area contributed by atoms with Crippen molar-refractivity contribution in [3.63, 3.8) is 0 Å². The Morgan fingerprint density at radius 2 is 1.53 bits per heavy atom. The van der Waals surface area contributed by atoms with E-state index in [1.165, 1.54) is 15.0 Å². The van der Waals surface area contributed by atoms with Gasteiger partial charge in [-0.15, -0.1) is 11.3 Å². The van der Waals surface area contributed by atoms with Crippen molar-refractivity contribution < 1.29 is 19.8 Å². The number of hydrogen-bond acceptors (Lipinski definition) is 5. The van der Waals surface area contributed by atoms with E-state index in [0.717, 1.165) is 35.9 Å². The predicted molar refractivity (Wildman–Crippen MR) is 190 cm³/mol. The van der Waals surface area contributed by atoms with Crippen LogP contribution >= 0.6 is 11.3 Å². The number of carbonyl (C=O) groups is 1. The van der Waals surface area contributed by atoms with Gasteiger partial charge in [-0.25, -0.2) is 0 Å². The predicted octanol–water partition coefficient (Wildman–Crippen LogP) is 7.14. The van der Waals surface area contributed by atoms with Crippen LogP contribution < -0.4 is 10.4 Å². The molecule has 4 aromatic rings. The van der Waals surface area contributed by atoms with E-state index in [1.807, 2.05) is 36.4 Å². The van der Waals surface area contributed by atoms with E-state index >= 15 is 0 Å². The molecule has 1 heterocycles. The molecule has 0 spiro atoms. The van der Waals surface area contributed by atoms with Gasteiger partial charge < -0.3 is 19.8 Å². The fourth-order valence-corrected chi connectivity index (χ4v) is 12.0. The number of aliphatic hydroxyl groups is 2. The molecule has 0 radical (unpaired) electrons. The summed E-state index contributed by atoms with van der Waals surface area (Å²) in [6.07, 6.45) is 12.3. The monoisotopic (exact) mass is 638 g/mol. The molecule has 3 N–H and O–H groups in total. The van der Waals surface area contributed by atoms with Crippen LogP contribution in [0.1, 0.15) is 63.2 Å². The number of rotatable bonds is 14. The van der Waals surface area contributed by atoms with Gasteiger partial charge in [-0.1, -0.05) is 117 Å². The highest BCUT2D eigenvalue weighted by atomic mass is 32.1. The van der Waals surface area contributed by atoms with Crippen LogP contribution in [0.4, 0.5) is 0 Å². The Labute approximate surface area is 272 Å². The Kier molecular flexibility index (Phi) is 11.1. The summed E-state index contributed by atoms with van der Waals surface area (Å²) in [5, 5.41) is 24.7. The van der Waals surface area contributed by atoms with Crippen LogP contribution in [0.2, 0.25) is 5.04 Å². The highest BCUT2D eigenvalue weighted by Crippen LogP contribution is 2.47. The van der Waals surface area contributed by atoms with E-state index < -0.39 is 25.6 Å². The van der Waals surface area contributed by atoms with Crippen LogP contribution in [0.15, 0.2) is 115 Å². The number of fused-ring (bicyclic) bond motifs is 1. The van der Waals surface area contributed by atoms with Gasteiger partial charge >= 0.3 is 0 Å². The maximum absolute atomic E-state index is 12.9. The van der Waals surface area contributed by atoms with Crippen LogP contribution in [-0.2, 0) is 4.79 Å². The first-order chi connectivity index (χ1) is 21.7. The van der Waals surface area contributed by atoms with Gasteiger partial charge in [-0.2, -0.15) is 0 Å². The van der Waals surface area contributed by atoms with Crippen molar-refractivity contribution in [3.05, 3.63) is 120 Å². The average molecular weight is 639 g/mol. The molecule has 0 bridgehead atoms. The first kappa shape index (κ1) is 33.2. The summed E-state index contributed by atoms with van der Waals surface area (Å²) in [4.78, 5) is 24.8. The summed E-state index contributed by atoms with van der Waals surface area (Å²) < 4.78 is 1.23. The van der Waals surface area contributed by atoms with Gasteiger partial charge in [0.1, 0.15) is 6.29 Å². The summed E-state index contributed by atoms with van der Waals surface area (Å²) in [7, 11) is -3.24. The smallest absolute Gasteiger partial charge is 0.258 e. The van der Waals surface area contributed by atoms with E-state index in [9.17, 15) is 19.8 Å². The molecule has 0 unspecified atom stereocenters. The van der Waals surface area contributed by atoms with Gasteiger partial charge in [-0.05, 0) is 64.5 Å². The summed E-state index contributed by atoms with van der Waals surface area (Å²) in [5.41, 5.74) is 0. The van der Waals surface area contributed by atoms with Crippen LogP contribution in [0.25, 0.3) is 10.1 Å². The number of aldehydes is 1. The van der Waals surface area contributed by atoms with Crippen LogP contribution in [0.5, 0.6) is 0 Å². The Morgan fingerprint density at radius 1 is 0.889 bits per heavy atom. The Hall–Kier alpha value is -3.13. The molecule has 3 aromatic carbocycles. The molecule has 0 aliphatic heterocycles. The highest BCUT2D eigenvalue weighted by molar-refractivity contribution is 7.19. The molecule has 1 aliphatic carbocycles. The van der Waals surface area contributed by atoms with Gasteiger partial charge in [0.25, 0.3) is 8.32 Å². The zero-order chi connectivity index (χ0) is 31.9. The van der Waals surface area contributed by atoms with Crippen molar-refractivity contribution in [1.82, 2.24) is 0 Å². The molecule has 0 amide bonds. The van der Waals surface area contributed by atoms with Crippen molar-refractivity contribution >= 4 is 46.4 Å². The maximum Gasteiger partial charge on any atom is 0.258 e. The minimum absolute atomic E-state index is 0.00771. The minimum Gasteiger partial charge on any atom is -0.424 e. The van der Waals surface area contributed by atoms with Gasteiger partial charge in [0, 0.05) is 34.3 Å². The number of unbranched alkanes of at least 4 members (excludes halogenated alkanes) is 2. The normalized spacial score (nSPS) is 21.6. The third-order valence-electron chi connectivity index (χ3n) is 9.65. The lowest BCUT2D eigenvalue weighted by Crippen LogP contribution is -2.65. The third-order valence-corrected chi connectivity index (χ3v) is 15.4. The third kappa shape index (κ3) is 7.48. The lowest BCUT2D eigenvalue weighted by molar-refractivity contribution is -0.107. The fourth-order valence-electron chi connectivity index (χ4n) is 7.11. The zero-order valence-electron chi connectivity index (χ0n) is 26.3. The van der Waals surface area contributed by atoms with E-state index in [4.69, 9.17) is 0 Å². The first-order valence-corrected chi connectivity index (χ1v) is 19.0. The van der Waals surface area contributed by atoms with E-state index in [1.54, 1.807) is 11.3 Å². The van der Waals surface area contributed by atoms with Gasteiger partial charge in [0.05, 0.1) is 12.2 Å². The first-order valence-electron chi connectivity index (χ1n) is 16.2. The molecule has 5 atom stereocenters. The molecular weight excluding hydrogens is 593 g/mol. The summed E-state index contributed by atoms with van der Waals surface area (Å²) in [6, 6.07) is 31.0. The van der Waals surface area contributed by atoms with Crippen molar-refractivity contribution in [3.8, 4) is 0 Å². The lowest BCUT2D eigenvalue weighted by atomic mass is 9.87. The molecule has 4 nitrogen and oxygen atoms in total. The van der Waals surface area contributed by atoms with Crippen LogP contribution in [-0.4, -0.2) is 41.8 Å². The van der Waals surface area contributed by atoms with Crippen molar-refractivity contribution in [2.75, 3.05) is 0 Å². The minimum atomic E-state index is -3.24. The van der Waals surface area contributed by atoms with Gasteiger partial charge in [-0.3, -0.25) is 0 Å². The molecule has 1 saturated carbocycles. The SMILES string of the molecule is CC(C)(C[C@H](/C=C/[C@@H]1[C@@H](C/C=C\CCCC=O)[C@@H](O)C[C@H]1O)c1cc2ccccc2s1)[Si](O)(c1ccccc1)c1ccccc1. The number of aliphatic hydroxyl groups excluding tert-OH is 2. The summed E-state index contributed by atoms with van der Waals surface area (Å²) in [6.45, 7) is 4.42. The molecular formula is C39H46O4SSi. The quantitative estimate of drug-likeness (QED) is 0.0594. The second kappa shape index (κ2) is 15.0. The highest BCUT2D eigenvalue weighted by Gasteiger charge is 2.50. The molecule has 1 fully saturated rings. The lowest BCUT2D eigenvalue weighted by Gasteiger charge is -2.42. The standard InChI is InChI=1S/C39H46O4SSi/c1-39(2,45(43,31-17-8-6-9-18-31)32-19-10-7-11-20-32)28-30(38-26-29-16-13-14-22-37(29)44-38)23-24-34-33(35(41)27-36(34)42)21-12-4-3-5-15-25-40/h4,6-14,16-20,22-26,30,33-36,41-43H,3,5,15,21,27-28H2,1-2H3/b12-4-,24-23+/t30-,33+,34+,35-,36+/m0/s1. The topological polar surface area (TPSA) is 77.8 Å². The number of hydrogen-bond donors (Lipinski definition) is 3. The number of allylic oxidation sites excluding steroid dienone is 3. The van der Waals surface area contributed by atoms with Crippen molar-refractivity contribution in [1.29, 1.82) is 0 Å². The van der Waals surface area contributed by atoms with Crippen LogP contribution in [0.3, 0.4) is 0 Å². The molecule has 5 rings (SSSR count). The van der Waals surface area contributed by atoms with Crippen molar-refractivity contribution in [2.45, 2.75) is 75.5 Å². The Bertz CT molecular complexity index is 1510. The second-order valence-electron chi connectivity index (χ2n) is 13.1. The molecule has 6 heteroatoms. The summed E-state index contributed by atoms with van der Waals surface area (Å²) >= 11 is 1.79. The van der Waals surface area contributed by atoms with Crippen LogP contribution in [0, 0.1) is 11.8 Å². The maximum atomic E-state index is 12.9. The van der Waals surface area contributed by atoms with E-state index in [0.29, 0.717) is 19.3 Å². The van der Waals surface area contributed by atoms with Gasteiger partial charge in [0.2, 0.25) is 0 Å². The Morgan fingerprint density at radius 3 is 2.18 bits per heavy atom. The van der Waals surface area contributed by atoms with E-state index in [2.05, 4.69) is 92.7 Å². The molecule has 45 heavy (non-hydrogen) atoms. The molecule has 236 valence electrons. The molecule has 1 aromatic heterocycles. The summed E-state index contributed by atoms with van der Waals surface area (Å²) in [5.74, 6) is -0.234. The van der Waals surface area contributed by atoms with Crippen molar-refractivity contribution in [2.24, 2.45) is 11.8 Å². The Balaban J connectivity index is 1.49. The molecule has 0 saturated heterocycles. The fraction of sp³-hybridized carbons (Fsp3) is 0.359. The second-order valence-corrected chi connectivity index (χ2v) is 18.2. The number of benzene rings is 3.